The van der Waals surface area contributed by atoms with Crippen molar-refractivity contribution in [1.82, 2.24) is 0 Å². The first-order valence-electron chi connectivity index (χ1n) is 6.07. The zero-order valence-electron chi connectivity index (χ0n) is 11.5. The van der Waals surface area contributed by atoms with Gasteiger partial charge in [0.15, 0.2) is 0 Å². The Kier molecular flexibility index (Phi) is 4.55. The normalized spacial score (nSPS) is 10.0. The highest BCUT2D eigenvalue weighted by Gasteiger charge is 2.17. The van der Waals surface area contributed by atoms with Gasteiger partial charge in [0.05, 0.1) is 19.2 Å². The van der Waals surface area contributed by atoms with E-state index < -0.39 is 5.91 Å². The van der Waals surface area contributed by atoms with Crippen LogP contribution in [-0.2, 0) is 0 Å². The van der Waals surface area contributed by atoms with Gasteiger partial charge in [-0.05, 0) is 30.3 Å². The largest absolute Gasteiger partial charge is 0.507 e. The van der Waals surface area contributed by atoms with Crippen LogP contribution in [0.4, 0.5) is 5.69 Å². The van der Waals surface area contributed by atoms with Crippen LogP contribution >= 0.6 is 11.6 Å². The van der Waals surface area contributed by atoms with E-state index in [9.17, 15) is 9.90 Å². The maximum absolute atomic E-state index is 12.3. The molecule has 0 saturated carbocycles. The number of hydrogen-bond donors (Lipinski definition) is 2. The molecule has 0 heterocycles. The lowest BCUT2D eigenvalue weighted by Gasteiger charge is -2.11. The lowest BCUT2D eigenvalue weighted by Crippen LogP contribution is -2.13. The molecule has 2 aromatic carbocycles. The van der Waals surface area contributed by atoms with E-state index in [0.29, 0.717) is 16.5 Å². The number of hydrogen-bond acceptors (Lipinski definition) is 4. The van der Waals surface area contributed by atoms with Gasteiger partial charge in [0.25, 0.3) is 5.91 Å². The zero-order chi connectivity index (χ0) is 15.4. The molecule has 0 saturated heterocycles. The number of rotatable bonds is 4. The molecule has 0 aromatic heterocycles. The minimum absolute atomic E-state index is 0.0620. The Morgan fingerprint density at radius 1 is 1.14 bits per heavy atom. The van der Waals surface area contributed by atoms with Gasteiger partial charge in [0.2, 0.25) is 0 Å². The Morgan fingerprint density at radius 2 is 1.86 bits per heavy atom. The van der Waals surface area contributed by atoms with Gasteiger partial charge in [0.1, 0.15) is 22.8 Å². The standard InChI is InChI=1S/C15H14ClNO4/c1-20-12-7-6-9(8-10(12)16)17-15(19)14-11(18)4-3-5-13(14)21-2/h3-8,18H,1-2H3,(H,17,19). The summed E-state index contributed by atoms with van der Waals surface area (Å²) in [5, 5.41) is 12.8. The van der Waals surface area contributed by atoms with Gasteiger partial charge >= 0.3 is 0 Å². The van der Waals surface area contributed by atoms with Crippen molar-refractivity contribution < 1.29 is 19.4 Å². The SMILES string of the molecule is COc1ccc(NC(=O)c2c(O)cccc2OC)cc1Cl. The zero-order valence-corrected chi connectivity index (χ0v) is 12.3. The van der Waals surface area contributed by atoms with E-state index in [0.717, 1.165) is 0 Å². The Hall–Kier alpha value is -2.40. The molecule has 1 amide bonds. The first-order chi connectivity index (χ1) is 10.1. The van der Waals surface area contributed by atoms with Crippen molar-refractivity contribution in [2.75, 3.05) is 19.5 Å². The molecule has 0 aliphatic carbocycles. The van der Waals surface area contributed by atoms with Crippen molar-refractivity contribution in [3.63, 3.8) is 0 Å². The van der Waals surface area contributed by atoms with E-state index >= 15 is 0 Å². The third-order valence-corrected chi connectivity index (χ3v) is 3.16. The van der Waals surface area contributed by atoms with Gasteiger partial charge < -0.3 is 19.9 Å². The van der Waals surface area contributed by atoms with Crippen molar-refractivity contribution in [2.24, 2.45) is 0 Å². The summed E-state index contributed by atoms with van der Waals surface area (Å²) >= 11 is 6.00. The maximum Gasteiger partial charge on any atom is 0.263 e. The number of ether oxygens (including phenoxy) is 2. The predicted octanol–water partition coefficient (Wildman–Crippen LogP) is 3.32. The number of carbonyl (C=O) groups excluding carboxylic acids is 1. The summed E-state index contributed by atoms with van der Waals surface area (Å²) in [6.07, 6.45) is 0. The Bertz CT molecular complexity index is 673. The number of nitrogens with one attached hydrogen (secondary N) is 1. The Morgan fingerprint density at radius 3 is 2.48 bits per heavy atom. The van der Waals surface area contributed by atoms with Crippen LogP contribution in [0.15, 0.2) is 36.4 Å². The molecule has 0 aliphatic heterocycles. The molecule has 0 fully saturated rings. The number of phenolic OH excluding ortho intramolecular Hbond substituents is 1. The summed E-state index contributed by atoms with van der Waals surface area (Å²) in [6.45, 7) is 0. The highest BCUT2D eigenvalue weighted by molar-refractivity contribution is 6.32. The summed E-state index contributed by atoms with van der Waals surface area (Å²) in [5.74, 6) is 0.138. The van der Waals surface area contributed by atoms with Crippen LogP contribution in [0.1, 0.15) is 10.4 Å². The van der Waals surface area contributed by atoms with E-state index in [1.165, 1.54) is 20.3 Å². The number of aromatic hydroxyl groups is 1. The predicted molar refractivity (Wildman–Crippen MR) is 80.6 cm³/mol. The number of phenols is 1. The van der Waals surface area contributed by atoms with E-state index in [1.807, 2.05) is 0 Å². The molecule has 2 N–H and O–H groups in total. The summed E-state index contributed by atoms with van der Waals surface area (Å²) in [5.41, 5.74) is 0.544. The molecule has 5 nitrogen and oxygen atoms in total. The summed E-state index contributed by atoms with van der Waals surface area (Å²) < 4.78 is 10.1. The average molecular weight is 308 g/mol. The minimum atomic E-state index is -0.494. The van der Waals surface area contributed by atoms with Gasteiger partial charge in [0, 0.05) is 5.69 Å². The molecule has 0 bridgehead atoms. The molecule has 0 spiro atoms. The smallest absolute Gasteiger partial charge is 0.263 e. The van der Waals surface area contributed by atoms with Gasteiger partial charge in [-0.3, -0.25) is 4.79 Å². The molecule has 0 atom stereocenters. The minimum Gasteiger partial charge on any atom is -0.507 e. The van der Waals surface area contributed by atoms with E-state index in [4.69, 9.17) is 21.1 Å². The fraction of sp³-hybridized carbons (Fsp3) is 0.133. The van der Waals surface area contributed by atoms with Crippen molar-refractivity contribution in [2.45, 2.75) is 0 Å². The third kappa shape index (κ3) is 3.20. The van der Waals surface area contributed by atoms with Crippen molar-refractivity contribution in [3.8, 4) is 17.2 Å². The number of anilines is 1. The second kappa shape index (κ2) is 6.37. The highest BCUT2D eigenvalue weighted by atomic mass is 35.5. The molecule has 21 heavy (non-hydrogen) atoms. The van der Waals surface area contributed by atoms with Crippen LogP contribution in [0.3, 0.4) is 0 Å². The second-order valence-electron chi connectivity index (χ2n) is 4.16. The quantitative estimate of drug-likeness (QED) is 0.909. The first-order valence-corrected chi connectivity index (χ1v) is 6.45. The van der Waals surface area contributed by atoms with Gasteiger partial charge in [-0.25, -0.2) is 0 Å². The Balaban J connectivity index is 2.28. The molecule has 2 rings (SSSR count). The van der Waals surface area contributed by atoms with E-state index in [1.54, 1.807) is 30.3 Å². The lowest BCUT2D eigenvalue weighted by molar-refractivity contribution is 0.102. The maximum atomic E-state index is 12.3. The molecule has 0 aliphatic rings. The summed E-state index contributed by atoms with van der Waals surface area (Å²) in [6, 6.07) is 9.45. The van der Waals surface area contributed by atoms with Crippen molar-refractivity contribution in [3.05, 3.63) is 47.0 Å². The molecular weight excluding hydrogens is 294 g/mol. The van der Waals surface area contributed by atoms with Gasteiger partial charge in [-0.1, -0.05) is 17.7 Å². The number of carbonyl (C=O) groups is 1. The number of halogens is 1. The topological polar surface area (TPSA) is 67.8 Å². The van der Waals surface area contributed by atoms with Crippen molar-refractivity contribution in [1.29, 1.82) is 0 Å². The van der Waals surface area contributed by atoms with Gasteiger partial charge in [-0.15, -0.1) is 0 Å². The third-order valence-electron chi connectivity index (χ3n) is 2.86. The van der Waals surface area contributed by atoms with E-state index in [-0.39, 0.29) is 17.1 Å². The molecule has 6 heteroatoms. The monoisotopic (exact) mass is 307 g/mol. The van der Waals surface area contributed by atoms with Crippen molar-refractivity contribution >= 4 is 23.2 Å². The molecule has 0 unspecified atom stereocenters. The molecule has 2 aromatic rings. The van der Waals surface area contributed by atoms with Gasteiger partial charge in [-0.2, -0.15) is 0 Å². The highest BCUT2D eigenvalue weighted by Crippen LogP contribution is 2.30. The van der Waals surface area contributed by atoms with E-state index in [2.05, 4.69) is 5.32 Å². The van der Waals surface area contributed by atoms with Crippen LogP contribution in [0.5, 0.6) is 17.2 Å². The van der Waals surface area contributed by atoms with Crippen LogP contribution in [0, 0.1) is 0 Å². The van der Waals surface area contributed by atoms with Crippen LogP contribution in [0.2, 0.25) is 5.02 Å². The molecular formula is C15H14ClNO4. The molecule has 110 valence electrons. The summed E-state index contributed by atoms with van der Waals surface area (Å²) in [7, 11) is 2.93. The fourth-order valence-electron chi connectivity index (χ4n) is 1.86. The molecule has 0 radical (unpaired) electrons. The Labute approximate surface area is 127 Å². The second-order valence-corrected chi connectivity index (χ2v) is 4.57. The first kappa shape index (κ1) is 15.0. The number of amides is 1. The summed E-state index contributed by atoms with van der Waals surface area (Å²) in [4.78, 5) is 12.3. The number of benzene rings is 2. The van der Waals surface area contributed by atoms with Crippen LogP contribution in [0.25, 0.3) is 0 Å². The van der Waals surface area contributed by atoms with Crippen LogP contribution < -0.4 is 14.8 Å². The van der Waals surface area contributed by atoms with Crippen LogP contribution in [-0.4, -0.2) is 25.2 Å². The fourth-order valence-corrected chi connectivity index (χ4v) is 2.11. The average Bonchev–Trinajstić information content (AvgIpc) is 2.46. The number of methoxy groups -OCH3 is 2. The lowest BCUT2D eigenvalue weighted by atomic mass is 10.1.